The fourth-order valence-corrected chi connectivity index (χ4v) is 0.963. The van der Waals surface area contributed by atoms with E-state index in [1.165, 1.54) is 0 Å². The molecule has 76 valence electrons. The summed E-state index contributed by atoms with van der Waals surface area (Å²) < 4.78 is 34.9. The van der Waals surface area contributed by atoms with Gasteiger partial charge in [0.05, 0.1) is 12.6 Å². The van der Waals surface area contributed by atoms with Gasteiger partial charge >= 0.3 is 12.1 Å². The van der Waals surface area contributed by atoms with Gasteiger partial charge in [0.15, 0.2) is 0 Å². The number of alkyl halides is 3. The van der Waals surface area contributed by atoms with Gasteiger partial charge in [0.25, 0.3) is 0 Å². The van der Waals surface area contributed by atoms with Crippen molar-refractivity contribution in [1.82, 2.24) is 5.06 Å². The Morgan fingerprint density at radius 2 is 2.15 bits per heavy atom. The van der Waals surface area contributed by atoms with E-state index in [-0.39, 0.29) is 13.1 Å². The standard InChI is InChI=1S/C6H8F3NO3/c7-6(8,9)5(12)13-10-2-1-4(11)3-10/h4,11H,1-3H2. The number of hydrogen-bond donors (Lipinski definition) is 1. The third-order valence-electron chi connectivity index (χ3n) is 1.57. The zero-order valence-electron chi connectivity index (χ0n) is 6.54. The Labute approximate surface area is 71.8 Å². The zero-order chi connectivity index (χ0) is 10.1. The predicted octanol–water partition coefficient (Wildman–Crippen LogP) is 0.0735. The van der Waals surface area contributed by atoms with Crippen molar-refractivity contribution in [1.29, 1.82) is 0 Å². The first-order valence-electron chi connectivity index (χ1n) is 3.61. The fraction of sp³-hybridized carbons (Fsp3) is 0.833. The second kappa shape index (κ2) is 3.51. The van der Waals surface area contributed by atoms with Crippen molar-refractivity contribution >= 4 is 5.97 Å². The Morgan fingerprint density at radius 3 is 2.54 bits per heavy atom. The Kier molecular flexibility index (Phi) is 2.77. The van der Waals surface area contributed by atoms with Crippen LogP contribution in [0, 0.1) is 0 Å². The second-order valence-corrected chi connectivity index (χ2v) is 2.71. The predicted molar refractivity (Wildman–Crippen MR) is 34.3 cm³/mol. The van der Waals surface area contributed by atoms with Crippen molar-refractivity contribution in [3.63, 3.8) is 0 Å². The van der Waals surface area contributed by atoms with Crippen LogP contribution in [0.25, 0.3) is 0 Å². The van der Waals surface area contributed by atoms with Crippen LogP contribution >= 0.6 is 0 Å². The van der Waals surface area contributed by atoms with Crippen LogP contribution in [0.5, 0.6) is 0 Å². The number of β-amino-alcohol motifs (C(OH)–C–C–N with tert-alkyl or cyclic N) is 1. The maximum atomic E-state index is 11.6. The van der Waals surface area contributed by atoms with Crippen LogP contribution in [-0.2, 0) is 9.63 Å². The lowest BCUT2D eigenvalue weighted by Crippen LogP contribution is -2.34. The van der Waals surface area contributed by atoms with Crippen molar-refractivity contribution in [3.8, 4) is 0 Å². The van der Waals surface area contributed by atoms with Crippen LogP contribution in [0.2, 0.25) is 0 Å². The summed E-state index contributed by atoms with van der Waals surface area (Å²) in [5.41, 5.74) is 0. The minimum absolute atomic E-state index is 0.0676. The van der Waals surface area contributed by atoms with Crippen LogP contribution in [0.1, 0.15) is 6.42 Å². The summed E-state index contributed by atoms with van der Waals surface area (Å²) >= 11 is 0. The van der Waals surface area contributed by atoms with Gasteiger partial charge in [-0.3, -0.25) is 0 Å². The van der Waals surface area contributed by atoms with Gasteiger partial charge in [-0.25, -0.2) is 4.79 Å². The lowest BCUT2D eigenvalue weighted by atomic mass is 10.3. The molecule has 1 heterocycles. The maximum Gasteiger partial charge on any atom is 0.492 e. The summed E-state index contributed by atoms with van der Waals surface area (Å²) in [4.78, 5) is 14.2. The Morgan fingerprint density at radius 1 is 1.54 bits per heavy atom. The molecule has 1 saturated heterocycles. The molecule has 0 spiro atoms. The Balaban J connectivity index is 2.37. The average molecular weight is 199 g/mol. The molecule has 7 heteroatoms. The number of carbonyl (C=O) groups is 1. The van der Waals surface area contributed by atoms with E-state index in [2.05, 4.69) is 4.84 Å². The summed E-state index contributed by atoms with van der Waals surface area (Å²) in [6.07, 6.45) is -5.39. The molecule has 1 unspecified atom stereocenters. The number of carbonyl (C=O) groups excluding carboxylic acids is 1. The van der Waals surface area contributed by atoms with E-state index < -0.39 is 18.2 Å². The van der Waals surface area contributed by atoms with E-state index in [0.29, 0.717) is 6.42 Å². The minimum Gasteiger partial charge on any atom is -0.392 e. The molecule has 4 nitrogen and oxygen atoms in total. The van der Waals surface area contributed by atoms with Crippen molar-refractivity contribution in [2.24, 2.45) is 0 Å². The highest BCUT2D eigenvalue weighted by Crippen LogP contribution is 2.19. The van der Waals surface area contributed by atoms with Gasteiger partial charge in [0, 0.05) is 6.54 Å². The quantitative estimate of drug-likeness (QED) is 0.649. The highest BCUT2D eigenvalue weighted by molar-refractivity contribution is 5.75. The Hall–Kier alpha value is -0.820. The van der Waals surface area contributed by atoms with Gasteiger partial charge < -0.3 is 9.94 Å². The number of aliphatic hydroxyl groups is 1. The molecule has 1 aliphatic rings. The number of halogens is 3. The lowest BCUT2D eigenvalue weighted by molar-refractivity contribution is -0.235. The van der Waals surface area contributed by atoms with Gasteiger partial charge in [0.2, 0.25) is 0 Å². The van der Waals surface area contributed by atoms with Gasteiger partial charge in [0.1, 0.15) is 0 Å². The van der Waals surface area contributed by atoms with E-state index >= 15 is 0 Å². The summed E-state index contributed by atoms with van der Waals surface area (Å²) in [6, 6.07) is 0. The molecule has 1 N–H and O–H groups in total. The zero-order valence-corrected chi connectivity index (χ0v) is 6.54. The number of rotatable bonds is 1. The van der Waals surface area contributed by atoms with E-state index in [4.69, 9.17) is 5.11 Å². The summed E-state index contributed by atoms with van der Waals surface area (Å²) in [6.45, 7) is 0.0603. The largest absolute Gasteiger partial charge is 0.492 e. The van der Waals surface area contributed by atoms with Gasteiger partial charge in [-0.15, -0.1) is 5.06 Å². The molecular formula is C6H8F3NO3. The first-order valence-corrected chi connectivity index (χ1v) is 3.61. The topological polar surface area (TPSA) is 49.8 Å². The molecule has 0 amide bonds. The molecule has 0 saturated carbocycles. The van der Waals surface area contributed by atoms with Crippen LogP contribution in [-0.4, -0.2) is 41.5 Å². The van der Waals surface area contributed by atoms with E-state index in [1.54, 1.807) is 0 Å². The minimum atomic E-state index is -4.98. The summed E-state index contributed by atoms with van der Waals surface area (Å²) in [7, 11) is 0. The van der Waals surface area contributed by atoms with Gasteiger partial charge in [-0.05, 0) is 6.42 Å². The van der Waals surface area contributed by atoms with Crippen molar-refractivity contribution in [2.75, 3.05) is 13.1 Å². The molecular weight excluding hydrogens is 191 g/mol. The molecule has 0 aromatic carbocycles. The molecule has 0 radical (unpaired) electrons. The number of hydroxylamine groups is 2. The number of nitrogens with zero attached hydrogens (tertiary/aromatic N) is 1. The highest BCUT2D eigenvalue weighted by Gasteiger charge is 2.43. The van der Waals surface area contributed by atoms with Gasteiger partial charge in [-0.1, -0.05) is 0 Å². The fourth-order valence-electron chi connectivity index (χ4n) is 0.963. The first kappa shape index (κ1) is 10.3. The molecule has 1 rings (SSSR count). The van der Waals surface area contributed by atoms with Crippen LogP contribution in [0.3, 0.4) is 0 Å². The molecule has 13 heavy (non-hydrogen) atoms. The molecule has 0 aromatic rings. The van der Waals surface area contributed by atoms with Crippen LogP contribution in [0.15, 0.2) is 0 Å². The van der Waals surface area contributed by atoms with E-state index in [1.807, 2.05) is 0 Å². The molecule has 0 aliphatic carbocycles. The lowest BCUT2D eigenvalue weighted by Gasteiger charge is -2.15. The highest BCUT2D eigenvalue weighted by atomic mass is 19.4. The third kappa shape index (κ3) is 2.85. The average Bonchev–Trinajstić information content (AvgIpc) is 2.33. The van der Waals surface area contributed by atoms with Crippen molar-refractivity contribution in [2.45, 2.75) is 18.7 Å². The molecule has 1 atom stereocenters. The number of hydrogen-bond acceptors (Lipinski definition) is 4. The smallest absolute Gasteiger partial charge is 0.392 e. The monoisotopic (exact) mass is 199 g/mol. The normalized spacial score (nSPS) is 24.8. The van der Waals surface area contributed by atoms with Crippen molar-refractivity contribution < 1.29 is 27.9 Å². The van der Waals surface area contributed by atoms with E-state index in [0.717, 1.165) is 5.06 Å². The Bertz CT molecular complexity index is 206. The SMILES string of the molecule is O=C(ON1CCC(O)C1)C(F)(F)F. The van der Waals surface area contributed by atoms with Crippen LogP contribution < -0.4 is 0 Å². The maximum absolute atomic E-state index is 11.6. The third-order valence-corrected chi connectivity index (χ3v) is 1.57. The van der Waals surface area contributed by atoms with E-state index in [9.17, 15) is 18.0 Å². The molecule has 1 fully saturated rings. The van der Waals surface area contributed by atoms with Crippen molar-refractivity contribution in [3.05, 3.63) is 0 Å². The van der Waals surface area contributed by atoms with Crippen LogP contribution in [0.4, 0.5) is 13.2 Å². The first-order chi connectivity index (χ1) is 5.89. The number of aliphatic hydroxyl groups excluding tert-OH is 1. The molecule has 0 aromatic heterocycles. The van der Waals surface area contributed by atoms with Gasteiger partial charge in [-0.2, -0.15) is 13.2 Å². The molecule has 0 bridgehead atoms. The molecule has 1 aliphatic heterocycles. The summed E-state index contributed by atoms with van der Waals surface area (Å²) in [5, 5.41) is 9.71. The summed E-state index contributed by atoms with van der Waals surface area (Å²) in [5.74, 6) is -2.25. The second-order valence-electron chi connectivity index (χ2n) is 2.71.